The Hall–Kier alpha value is -0.470. The van der Waals surface area contributed by atoms with Crippen LogP contribution in [0.4, 0.5) is 0 Å². The van der Waals surface area contributed by atoms with Gasteiger partial charge in [-0.25, -0.2) is 0 Å². The summed E-state index contributed by atoms with van der Waals surface area (Å²) in [5.41, 5.74) is 1.15. The molecule has 0 N–H and O–H groups in total. The van der Waals surface area contributed by atoms with Crippen LogP contribution in [-0.4, -0.2) is 4.55 Å². The Morgan fingerprint density at radius 1 is 1.40 bits per heavy atom. The first-order chi connectivity index (χ1) is 4.88. The second-order valence-corrected chi connectivity index (χ2v) is 3.46. The maximum absolute atomic E-state index is 11.1. The van der Waals surface area contributed by atoms with E-state index in [-0.39, 0.29) is 0 Å². The molecule has 0 saturated carbocycles. The summed E-state index contributed by atoms with van der Waals surface area (Å²) < 4.78 is 11.1. The monoisotopic (exact) mass is 150 g/mol. The van der Waals surface area contributed by atoms with Crippen molar-refractivity contribution in [2.45, 2.75) is 11.3 Å². The van der Waals surface area contributed by atoms with E-state index >= 15 is 0 Å². The second-order valence-electron chi connectivity index (χ2n) is 2.20. The minimum atomic E-state index is -0.948. The SMILES string of the molecule is [O-][S+]1[C]Cc2ccccc21. The van der Waals surface area contributed by atoms with E-state index in [1.807, 2.05) is 24.3 Å². The zero-order valence-corrected chi connectivity index (χ0v) is 6.15. The normalized spacial score (nSPS) is 22.7. The van der Waals surface area contributed by atoms with Crippen molar-refractivity contribution in [1.29, 1.82) is 0 Å². The standard InChI is InChI=1S/C8H6OS/c9-10-6-5-7-3-1-2-4-8(7)10/h1-4H,5H2. The van der Waals surface area contributed by atoms with Gasteiger partial charge in [-0.1, -0.05) is 18.2 Å². The number of fused-ring (bicyclic) bond motifs is 1. The van der Waals surface area contributed by atoms with Crippen LogP contribution in [0.3, 0.4) is 0 Å². The molecule has 2 rings (SSSR count). The van der Waals surface area contributed by atoms with Gasteiger partial charge in [0.15, 0.2) is 4.90 Å². The predicted octanol–water partition coefficient (Wildman–Crippen LogP) is 1.39. The first-order valence-corrected chi connectivity index (χ1v) is 4.26. The molecule has 1 aromatic carbocycles. The van der Waals surface area contributed by atoms with Crippen molar-refractivity contribution in [3.05, 3.63) is 35.6 Å². The fourth-order valence-electron chi connectivity index (χ4n) is 1.05. The average Bonchev–Trinajstić information content (AvgIpc) is 2.34. The molecular formula is C8H6OS. The molecule has 10 heavy (non-hydrogen) atoms. The molecular weight excluding hydrogens is 144 g/mol. The predicted molar refractivity (Wildman–Crippen MR) is 39.8 cm³/mol. The lowest BCUT2D eigenvalue weighted by Crippen LogP contribution is -1.92. The van der Waals surface area contributed by atoms with Gasteiger partial charge in [-0.2, -0.15) is 0 Å². The van der Waals surface area contributed by atoms with Gasteiger partial charge in [0.25, 0.3) is 0 Å². The maximum atomic E-state index is 11.1. The van der Waals surface area contributed by atoms with Crippen LogP contribution in [0.5, 0.6) is 0 Å². The van der Waals surface area contributed by atoms with Crippen molar-refractivity contribution in [1.82, 2.24) is 0 Å². The third kappa shape index (κ3) is 0.842. The summed E-state index contributed by atoms with van der Waals surface area (Å²) >= 11 is -0.948. The molecule has 50 valence electrons. The van der Waals surface area contributed by atoms with Crippen molar-refractivity contribution in [2.24, 2.45) is 0 Å². The van der Waals surface area contributed by atoms with Gasteiger partial charge in [0.2, 0.25) is 5.75 Å². The summed E-state index contributed by atoms with van der Waals surface area (Å²) in [4.78, 5) is 0.933. The van der Waals surface area contributed by atoms with Gasteiger partial charge in [0.1, 0.15) is 0 Å². The highest BCUT2D eigenvalue weighted by Crippen LogP contribution is 2.27. The second kappa shape index (κ2) is 2.29. The molecule has 0 saturated heterocycles. The van der Waals surface area contributed by atoms with E-state index < -0.39 is 11.2 Å². The molecule has 1 atom stereocenters. The highest BCUT2D eigenvalue weighted by atomic mass is 32.2. The molecule has 2 heteroatoms. The summed E-state index contributed by atoms with van der Waals surface area (Å²) in [6.07, 6.45) is 0.739. The largest absolute Gasteiger partial charge is 0.611 e. The van der Waals surface area contributed by atoms with Gasteiger partial charge in [-0.05, 0) is 6.07 Å². The third-order valence-corrected chi connectivity index (χ3v) is 2.77. The van der Waals surface area contributed by atoms with Crippen molar-refractivity contribution in [3.8, 4) is 0 Å². The molecule has 0 spiro atoms. The van der Waals surface area contributed by atoms with Gasteiger partial charge >= 0.3 is 0 Å². The van der Waals surface area contributed by atoms with Crippen molar-refractivity contribution >= 4 is 11.2 Å². The fraction of sp³-hybridized carbons (Fsp3) is 0.125. The molecule has 2 radical (unpaired) electrons. The van der Waals surface area contributed by atoms with Crippen LogP contribution in [0, 0.1) is 5.75 Å². The lowest BCUT2D eigenvalue weighted by molar-refractivity contribution is 0.602. The number of rotatable bonds is 0. The zero-order chi connectivity index (χ0) is 6.97. The van der Waals surface area contributed by atoms with Crippen LogP contribution >= 0.6 is 0 Å². The van der Waals surface area contributed by atoms with E-state index in [1.165, 1.54) is 0 Å². The fourth-order valence-corrected chi connectivity index (χ4v) is 2.07. The Labute approximate surface area is 63.2 Å². The van der Waals surface area contributed by atoms with E-state index in [1.54, 1.807) is 0 Å². The topological polar surface area (TPSA) is 23.1 Å². The van der Waals surface area contributed by atoms with Crippen LogP contribution in [0.1, 0.15) is 5.56 Å². The molecule has 1 heterocycles. The van der Waals surface area contributed by atoms with Crippen LogP contribution in [0.2, 0.25) is 0 Å². The summed E-state index contributed by atoms with van der Waals surface area (Å²) in [7, 11) is 0. The van der Waals surface area contributed by atoms with E-state index in [4.69, 9.17) is 0 Å². The highest BCUT2D eigenvalue weighted by Gasteiger charge is 2.25. The molecule has 1 nitrogen and oxygen atoms in total. The Bertz CT molecular complexity index is 247. The van der Waals surface area contributed by atoms with Crippen LogP contribution in [-0.2, 0) is 17.6 Å². The first-order valence-electron chi connectivity index (χ1n) is 3.11. The smallest absolute Gasteiger partial charge is 0.246 e. The van der Waals surface area contributed by atoms with Crippen LogP contribution < -0.4 is 0 Å². The third-order valence-electron chi connectivity index (χ3n) is 1.57. The maximum Gasteiger partial charge on any atom is 0.246 e. The van der Waals surface area contributed by atoms with Crippen LogP contribution in [0.15, 0.2) is 29.2 Å². The van der Waals surface area contributed by atoms with Crippen molar-refractivity contribution in [2.75, 3.05) is 0 Å². The van der Waals surface area contributed by atoms with E-state index in [9.17, 15) is 4.55 Å². The molecule has 1 aliphatic rings. The summed E-state index contributed by atoms with van der Waals surface area (Å²) in [5, 5.41) is 0. The lowest BCUT2D eigenvalue weighted by Gasteiger charge is -1.99. The summed E-state index contributed by atoms with van der Waals surface area (Å²) in [5.74, 6) is 2.86. The summed E-state index contributed by atoms with van der Waals surface area (Å²) in [6, 6.07) is 7.76. The molecule has 1 aliphatic heterocycles. The number of hydrogen-bond acceptors (Lipinski definition) is 1. The minimum absolute atomic E-state index is 0.739. The van der Waals surface area contributed by atoms with Gasteiger partial charge in [0, 0.05) is 23.2 Å². The Morgan fingerprint density at radius 3 is 3.00 bits per heavy atom. The zero-order valence-electron chi connectivity index (χ0n) is 5.33. The van der Waals surface area contributed by atoms with Crippen molar-refractivity contribution in [3.63, 3.8) is 0 Å². The van der Waals surface area contributed by atoms with E-state index in [0.717, 1.165) is 16.9 Å². The van der Waals surface area contributed by atoms with Gasteiger partial charge in [0.05, 0.1) is 0 Å². The Morgan fingerprint density at radius 2 is 2.20 bits per heavy atom. The van der Waals surface area contributed by atoms with Gasteiger partial charge in [-0.3, -0.25) is 0 Å². The average molecular weight is 150 g/mol. The van der Waals surface area contributed by atoms with Crippen molar-refractivity contribution < 1.29 is 4.55 Å². The Balaban J connectivity index is 2.51. The number of hydrogen-bond donors (Lipinski definition) is 0. The molecule has 0 amide bonds. The molecule has 1 aromatic rings. The molecule has 0 aliphatic carbocycles. The highest BCUT2D eigenvalue weighted by molar-refractivity contribution is 7.93. The minimum Gasteiger partial charge on any atom is -0.611 e. The number of benzene rings is 1. The van der Waals surface area contributed by atoms with E-state index in [2.05, 4.69) is 5.75 Å². The quantitative estimate of drug-likeness (QED) is 0.512. The summed E-state index contributed by atoms with van der Waals surface area (Å²) in [6.45, 7) is 0. The molecule has 0 bridgehead atoms. The van der Waals surface area contributed by atoms with Gasteiger partial charge in [-0.15, -0.1) is 0 Å². The van der Waals surface area contributed by atoms with Crippen LogP contribution in [0.25, 0.3) is 0 Å². The molecule has 0 fully saturated rings. The first kappa shape index (κ1) is 6.25. The van der Waals surface area contributed by atoms with E-state index in [0.29, 0.717) is 0 Å². The lowest BCUT2D eigenvalue weighted by atomic mass is 10.2. The molecule has 1 unspecified atom stereocenters. The van der Waals surface area contributed by atoms with Gasteiger partial charge < -0.3 is 4.55 Å². The Kier molecular flexibility index (Phi) is 1.43. The molecule has 0 aromatic heterocycles.